The second-order valence-electron chi connectivity index (χ2n) is 10.0. The molecule has 0 aliphatic heterocycles. The first-order valence-corrected chi connectivity index (χ1v) is 14.3. The molecule has 11 heteroatoms. The minimum Gasteiger partial charge on any atom is -0.480 e. The number of pyridine rings is 1. The van der Waals surface area contributed by atoms with Crippen LogP contribution >= 0.6 is 23.2 Å². The van der Waals surface area contributed by atoms with Crippen molar-refractivity contribution in [1.29, 1.82) is 0 Å². The van der Waals surface area contributed by atoms with Crippen LogP contribution in [0.4, 0.5) is 11.5 Å². The van der Waals surface area contributed by atoms with Gasteiger partial charge in [-0.05, 0) is 31.0 Å². The molecule has 1 fully saturated rings. The molecule has 42 heavy (non-hydrogen) atoms. The van der Waals surface area contributed by atoms with Gasteiger partial charge in [-0.3, -0.25) is 14.8 Å². The number of hydrogen-bond donors (Lipinski definition) is 2. The third kappa shape index (κ3) is 5.76. The summed E-state index contributed by atoms with van der Waals surface area (Å²) in [5, 5.41) is 7.65. The Labute approximate surface area is 252 Å². The van der Waals surface area contributed by atoms with Crippen LogP contribution in [-0.4, -0.2) is 44.4 Å². The largest absolute Gasteiger partial charge is 0.480 e. The van der Waals surface area contributed by atoms with Crippen LogP contribution in [0.15, 0.2) is 67.3 Å². The minimum atomic E-state index is 0.337. The molecule has 212 valence electrons. The van der Waals surface area contributed by atoms with Crippen molar-refractivity contribution < 1.29 is 9.53 Å². The number of nitrogens with one attached hydrogen (secondary N) is 2. The van der Waals surface area contributed by atoms with Gasteiger partial charge < -0.3 is 15.4 Å². The molecule has 0 spiro atoms. The second kappa shape index (κ2) is 12.4. The first-order chi connectivity index (χ1) is 20.5. The molecule has 1 aliphatic carbocycles. The molecular formula is C31H27Cl2N7O2. The number of ether oxygens (including phenoxy) is 1. The number of methoxy groups -OCH3 is 1. The molecule has 0 radical (unpaired) electrons. The van der Waals surface area contributed by atoms with Crippen molar-refractivity contribution in [2.45, 2.75) is 25.8 Å². The average molecular weight is 601 g/mol. The monoisotopic (exact) mass is 599 g/mol. The molecule has 1 aliphatic rings. The molecule has 6 rings (SSSR count). The number of carbonyl (C=O) groups excluding carboxylic acids is 1. The van der Waals surface area contributed by atoms with E-state index in [4.69, 9.17) is 32.9 Å². The van der Waals surface area contributed by atoms with Crippen LogP contribution in [0.25, 0.3) is 33.4 Å². The summed E-state index contributed by atoms with van der Waals surface area (Å²) in [7, 11) is 1.57. The first-order valence-electron chi connectivity index (χ1n) is 13.5. The van der Waals surface area contributed by atoms with E-state index in [9.17, 15) is 4.79 Å². The van der Waals surface area contributed by atoms with Crippen molar-refractivity contribution in [3.05, 3.63) is 83.0 Å². The number of aromatic nitrogens is 5. The number of ketones is 1. The maximum atomic E-state index is 11.6. The van der Waals surface area contributed by atoms with Crippen LogP contribution < -0.4 is 15.4 Å². The summed E-state index contributed by atoms with van der Waals surface area (Å²) in [6, 6.07) is 13.2. The minimum absolute atomic E-state index is 0.337. The van der Waals surface area contributed by atoms with Crippen LogP contribution in [0, 0.1) is 5.92 Å². The van der Waals surface area contributed by atoms with Crippen molar-refractivity contribution >= 4 is 51.5 Å². The molecule has 3 aromatic heterocycles. The lowest BCUT2D eigenvalue weighted by molar-refractivity contribution is -0.117. The summed E-state index contributed by atoms with van der Waals surface area (Å²) in [5.41, 5.74) is 5.46. The number of carbonyl (C=O) groups is 1. The number of halogens is 2. The maximum Gasteiger partial charge on any atom is 0.237 e. The van der Waals surface area contributed by atoms with Gasteiger partial charge in [0.1, 0.15) is 17.0 Å². The van der Waals surface area contributed by atoms with Gasteiger partial charge in [-0.25, -0.2) is 15.0 Å². The number of Topliss-reactive ketones (excluding diaryl/α,β-unsaturated/α-hetero) is 1. The molecule has 1 saturated carbocycles. The SMILES string of the molecule is COc1nc(-c2cccc(-c3cccc(Nc4nccc5nccnc45)c3Cl)c2Cl)cnc1CNC[C@@H]1CCC(=O)C1. The fraction of sp³-hybridized carbons (Fsp3) is 0.226. The van der Waals surface area contributed by atoms with E-state index in [0.717, 1.165) is 29.6 Å². The summed E-state index contributed by atoms with van der Waals surface area (Å²) in [4.78, 5) is 34.1. The Hall–Kier alpha value is -4.18. The normalized spacial score (nSPS) is 14.8. The molecule has 2 N–H and O–H groups in total. The second-order valence-corrected chi connectivity index (χ2v) is 10.8. The fourth-order valence-electron chi connectivity index (χ4n) is 5.16. The molecule has 0 saturated heterocycles. The van der Waals surface area contributed by atoms with Crippen LogP contribution in [0.2, 0.25) is 10.0 Å². The van der Waals surface area contributed by atoms with Crippen LogP contribution in [0.1, 0.15) is 25.0 Å². The van der Waals surface area contributed by atoms with E-state index in [-0.39, 0.29) is 0 Å². The van der Waals surface area contributed by atoms with Gasteiger partial charge in [-0.2, -0.15) is 0 Å². The Morgan fingerprint density at radius 2 is 1.71 bits per heavy atom. The lowest BCUT2D eigenvalue weighted by atomic mass is 10.0. The van der Waals surface area contributed by atoms with E-state index in [2.05, 4.69) is 30.6 Å². The van der Waals surface area contributed by atoms with E-state index in [0.29, 0.717) is 81.0 Å². The van der Waals surface area contributed by atoms with Crippen molar-refractivity contribution in [2.75, 3.05) is 19.0 Å². The molecule has 0 unspecified atom stereocenters. The van der Waals surface area contributed by atoms with E-state index in [1.165, 1.54) is 0 Å². The van der Waals surface area contributed by atoms with Gasteiger partial charge in [0.05, 0.1) is 40.2 Å². The third-order valence-electron chi connectivity index (χ3n) is 7.28. The summed E-state index contributed by atoms with van der Waals surface area (Å²) in [6.07, 6.45) is 8.87. The van der Waals surface area contributed by atoms with Gasteiger partial charge >= 0.3 is 0 Å². The van der Waals surface area contributed by atoms with Crippen molar-refractivity contribution in [1.82, 2.24) is 30.2 Å². The molecule has 0 bridgehead atoms. The molecule has 1 atom stereocenters. The number of rotatable bonds is 9. The van der Waals surface area contributed by atoms with Gasteiger partial charge in [0.2, 0.25) is 5.88 Å². The van der Waals surface area contributed by atoms with Crippen molar-refractivity contribution in [3.8, 4) is 28.3 Å². The third-order valence-corrected chi connectivity index (χ3v) is 8.10. The van der Waals surface area contributed by atoms with Crippen molar-refractivity contribution in [2.24, 2.45) is 5.92 Å². The quantitative estimate of drug-likeness (QED) is 0.192. The van der Waals surface area contributed by atoms with Crippen LogP contribution in [0.3, 0.4) is 0 Å². The molecule has 0 amide bonds. The van der Waals surface area contributed by atoms with E-state index >= 15 is 0 Å². The number of benzene rings is 2. The van der Waals surface area contributed by atoms with E-state index in [1.54, 1.807) is 38.0 Å². The van der Waals surface area contributed by atoms with Gasteiger partial charge in [-0.15, -0.1) is 0 Å². The highest BCUT2D eigenvalue weighted by molar-refractivity contribution is 6.39. The van der Waals surface area contributed by atoms with Gasteiger partial charge in [0, 0.05) is 54.7 Å². The Kier molecular flexibility index (Phi) is 8.23. The summed E-state index contributed by atoms with van der Waals surface area (Å²) < 4.78 is 5.57. The molecule has 5 aromatic rings. The molecule has 3 heterocycles. The Balaban J connectivity index is 1.26. The number of nitrogens with zero attached hydrogens (tertiary/aromatic N) is 5. The zero-order chi connectivity index (χ0) is 29.1. The lowest BCUT2D eigenvalue weighted by Gasteiger charge is -2.15. The Morgan fingerprint density at radius 1 is 0.929 bits per heavy atom. The Bertz CT molecular complexity index is 1780. The number of hydrogen-bond acceptors (Lipinski definition) is 9. The molecular weight excluding hydrogens is 573 g/mol. The first kappa shape index (κ1) is 28.0. The predicted octanol–water partition coefficient (Wildman–Crippen LogP) is 6.67. The van der Waals surface area contributed by atoms with Crippen LogP contribution in [-0.2, 0) is 11.3 Å². The average Bonchev–Trinajstić information content (AvgIpc) is 3.43. The van der Waals surface area contributed by atoms with Gasteiger partial charge in [0.25, 0.3) is 0 Å². The van der Waals surface area contributed by atoms with E-state index in [1.807, 2.05) is 36.4 Å². The fourth-order valence-corrected chi connectivity index (χ4v) is 5.76. The van der Waals surface area contributed by atoms with Gasteiger partial charge in [0.15, 0.2) is 5.82 Å². The Morgan fingerprint density at radius 3 is 2.52 bits per heavy atom. The highest BCUT2D eigenvalue weighted by atomic mass is 35.5. The van der Waals surface area contributed by atoms with Gasteiger partial charge in [-0.1, -0.05) is 53.5 Å². The topological polar surface area (TPSA) is 115 Å². The lowest BCUT2D eigenvalue weighted by Crippen LogP contribution is -2.22. The van der Waals surface area contributed by atoms with E-state index < -0.39 is 0 Å². The summed E-state index contributed by atoms with van der Waals surface area (Å²) in [6.45, 7) is 1.24. The highest BCUT2D eigenvalue weighted by Crippen LogP contribution is 2.42. The number of anilines is 2. The summed E-state index contributed by atoms with van der Waals surface area (Å²) in [5.74, 6) is 1.67. The van der Waals surface area contributed by atoms with Crippen LogP contribution in [0.5, 0.6) is 5.88 Å². The zero-order valence-electron chi connectivity index (χ0n) is 22.8. The van der Waals surface area contributed by atoms with Crippen molar-refractivity contribution in [3.63, 3.8) is 0 Å². The summed E-state index contributed by atoms with van der Waals surface area (Å²) >= 11 is 13.9. The zero-order valence-corrected chi connectivity index (χ0v) is 24.3. The smallest absolute Gasteiger partial charge is 0.237 e. The molecule has 9 nitrogen and oxygen atoms in total. The standard InChI is InChI=1S/C31H27Cl2N7O2/c1-42-31-26(16-34-15-18-8-9-19(41)14-18)38-17-25(40-31)22-6-2-4-20(27(22)32)21-5-3-7-23(28(21)33)39-30-29-24(10-11-37-30)35-12-13-36-29/h2-7,10-13,17-18,34H,8-9,14-16H2,1H3,(H,37,39)/t18-/m1/s1. The molecule has 2 aromatic carbocycles. The highest BCUT2D eigenvalue weighted by Gasteiger charge is 2.22. The maximum absolute atomic E-state index is 11.6. The number of fused-ring (bicyclic) bond motifs is 1. The predicted molar refractivity (Wildman–Crippen MR) is 164 cm³/mol.